The Labute approximate surface area is 183 Å². The van der Waals surface area contributed by atoms with Gasteiger partial charge in [-0.05, 0) is 24.7 Å². The van der Waals surface area contributed by atoms with Gasteiger partial charge in [-0.3, -0.25) is 4.99 Å². The van der Waals surface area contributed by atoms with Crippen LogP contribution in [0.5, 0.6) is 0 Å². The van der Waals surface area contributed by atoms with Gasteiger partial charge >= 0.3 is 0 Å². The van der Waals surface area contributed by atoms with Gasteiger partial charge in [-0.15, -0.1) is 24.0 Å². The molecule has 1 fully saturated rings. The van der Waals surface area contributed by atoms with Crippen molar-refractivity contribution < 1.29 is 13.2 Å². The molecular formula is C18H39IN4O3S. The van der Waals surface area contributed by atoms with Crippen LogP contribution in [0.15, 0.2) is 4.99 Å². The molecule has 2 atom stereocenters. The number of nitrogens with one attached hydrogen (secondary N) is 2. The molecule has 1 aliphatic rings. The van der Waals surface area contributed by atoms with E-state index in [-0.39, 0.29) is 35.5 Å². The molecule has 7 nitrogen and oxygen atoms in total. The third kappa shape index (κ3) is 9.76. The van der Waals surface area contributed by atoms with Gasteiger partial charge in [0.15, 0.2) is 5.96 Å². The zero-order valence-electron chi connectivity index (χ0n) is 17.7. The molecule has 0 aromatic heterocycles. The van der Waals surface area contributed by atoms with Gasteiger partial charge in [-0.2, -0.15) is 0 Å². The van der Waals surface area contributed by atoms with E-state index in [0.717, 1.165) is 38.4 Å². The summed E-state index contributed by atoms with van der Waals surface area (Å²) >= 11 is 0. The minimum absolute atomic E-state index is 0. The monoisotopic (exact) mass is 518 g/mol. The van der Waals surface area contributed by atoms with Crippen molar-refractivity contribution >= 4 is 40.0 Å². The Kier molecular flexibility index (Phi) is 12.4. The van der Waals surface area contributed by atoms with Crippen LogP contribution >= 0.6 is 24.0 Å². The summed E-state index contributed by atoms with van der Waals surface area (Å²) in [5.74, 6) is 1.22. The molecule has 0 amide bonds. The topological polar surface area (TPSA) is 83.0 Å². The van der Waals surface area contributed by atoms with Crippen LogP contribution in [-0.2, 0) is 14.8 Å². The molecule has 162 valence electrons. The molecule has 1 rings (SSSR count). The number of sulfonamides is 1. The van der Waals surface area contributed by atoms with E-state index in [4.69, 9.17) is 4.74 Å². The highest BCUT2D eigenvalue weighted by molar-refractivity contribution is 14.0. The number of ether oxygens (including phenoxy) is 1. The summed E-state index contributed by atoms with van der Waals surface area (Å²) < 4.78 is 30.7. The lowest BCUT2D eigenvalue weighted by Crippen LogP contribution is -2.47. The van der Waals surface area contributed by atoms with Gasteiger partial charge < -0.3 is 15.4 Å². The number of halogens is 1. The normalized spacial score (nSPS) is 21.7. The van der Waals surface area contributed by atoms with Crippen molar-refractivity contribution in [3.8, 4) is 0 Å². The fraction of sp³-hybridized carbons (Fsp3) is 0.944. The summed E-state index contributed by atoms with van der Waals surface area (Å²) in [5.41, 5.74) is 0.124. The van der Waals surface area contributed by atoms with E-state index in [0.29, 0.717) is 25.6 Å². The fourth-order valence-electron chi connectivity index (χ4n) is 3.48. The molecular weight excluding hydrogens is 479 g/mol. The first-order chi connectivity index (χ1) is 12.1. The van der Waals surface area contributed by atoms with Crippen LogP contribution in [0.4, 0.5) is 0 Å². The van der Waals surface area contributed by atoms with Crippen LogP contribution in [0.3, 0.4) is 0 Å². The van der Waals surface area contributed by atoms with E-state index < -0.39 is 10.0 Å². The Morgan fingerprint density at radius 1 is 1.30 bits per heavy atom. The van der Waals surface area contributed by atoms with E-state index in [1.165, 1.54) is 10.6 Å². The number of hydrogen-bond acceptors (Lipinski definition) is 4. The number of rotatable bonds is 8. The second-order valence-electron chi connectivity index (χ2n) is 8.05. The Balaban J connectivity index is 0.00000676. The van der Waals surface area contributed by atoms with E-state index in [2.05, 4.69) is 36.4 Å². The van der Waals surface area contributed by atoms with Gasteiger partial charge in [0.05, 0.1) is 12.4 Å². The van der Waals surface area contributed by atoms with E-state index >= 15 is 0 Å². The lowest BCUT2D eigenvalue weighted by atomic mass is 9.78. The van der Waals surface area contributed by atoms with Crippen molar-refractivity contribution in [1.29, 1.82) is 0 Å². The van der Waals surface area contributed by atoms with E-state index in [9.17, 15) is 8.42 Å². The van der Waals surface area contributed by atoms with E-state index in [1.807, 2.05) is 6.92 Å². The quantitative estimate of drug-likeness (QED) is 0.223. The maximum absolute atomic E-state index is 11.6. The molecule has 9 heteroatoms. The van der Waals surface area contributed by atoms with Crippen LogP contribution in [0.2, 0.25) is 0 Å². The molecule has 2 N–H and O–H groups in total. The second kappa shape index (κ2) is 12.4. The minimum Gasteiger partial charge on any atom is -0.377 e. The number of hydrogen-bond donors (Lipinski definition) is 2. The zero-order chi connectivity index (χ0) is 19.8. The van der Waals surface area contributed by atoms with Gasteiger partial charge in [0.2, 0.25) is 10.0 Å². The second-order valence-corrected chi connectivity index (χ2v) is 10.0. The third-order valence-corrected chi connectivity index (χ3v) is 6.13. The first-order valence-electron chi connectivity index (χ1n) is 9.60. The molecule has 0 bridgehead atoms. The lowest BCUT2D eigenvalue weighted by Gasteiger charge is -2.40. The highest BCUT2D eigenvalue weighted by Crippen LogP contribution is 2.33. The molecule has 27 heavy (non-hydrogen) atoms. The Hall–Kier alpha value is -0.130. The largest absolute Gasteiger partial charge is 0.377 e. The first-order valence-corrected chi connectivity index (χ1v) is 11.5. The van der Waals surface area contributed by atoms with Crippen molar-refractivity contribution in [2.24, 2.45) is 16.3 Å². The molecule has 1 saturated heterocycles. The zero-order valence-corrected chi connectivity index (χ0v) is 20.9. The standard InChI is InChI=1S/C18H38N4O3S.HI/c1-7-22(26(6,23)24)12-9-11-20-17(19-5)21-14-15-10-8-13-25-16(15)18(2,3)4;/h15-16H,7-14H2,1-6H3,(H2,19,20,21);1H. The molecule has 1 heterocycles. The summed E-state index contributed by atoms with van der Waals surface area (Å²) in [5, 5.41) is 6.67. The Morgan fingerprint density at radius 3 is 2.48 bits per heavy atom. The predicted octanol–water partition coefficient (Wildman–Crippen LogP) is 2.28. The summed E-state index contributed by atoms with van der Waals surface area (Å²) in [6, 6.07) is 0. The van der Waals surface area contributed by atoms with Crippen molar-refractivity contribution in [2.45, 2.75) is 53.1 Å². The molecule has 0 radical (unpaired) electrons. The molecule has 0 aliphatic carbocycles. The molecule has 1 aliphatic heterocycles. The van der Waals surface area contributed by atoms with Crippen LogP contribution in [0, 0.1) is 11.3 Å². The highest BCUT2D eigenvalue weighted by atomic mass is 127. The Bertz CT molecular complexity index is 549. The number of guanidine groups is 1. The van der Waals surface area contributed by atoms with Crippen LogP contribution in [0.1, 0.15) is 47.0 Å². The van der Waals surface area contributed by atoms with Crippen molar-refractivity contribution in [3.05, 3.63) is 0 Å². The summed E-state index contributed by atoms with van der Waals surface area (Å²) in [6.45, 7) is 11.9. The lowest BCUT2D eigenvalue weighted by molar-refractivity contribution is -0.0835. The summed E-state index contributed by atoms with van der Waals surface area (Å²) in [7, 11) is -1.37. The average molecular weight is 519 g/mol. The summed E-state index contributed by atoms with van der Waals surface area (Å²) in [6.07, 6.45) is 4.49. The van der Waals surface area contributed by atoms with E-state index in [1.54, 1.807) is 7.05 Å². The minimum atomic E-state index is -3.12. The van der Waals surface area contributed by atoms with Crippen molar-refractivity contribution in [3.63, 3.8) is 0 Å². The first kappa shape index (κ1) is 26.9. The van der Waals surface area contributed by atoms with Gasteiger partial charge in [-0.25, -0.2) is 12.7 Å². The molecule has 0 aromatic rings. The Morgan fingerprint density at radius 2 is 1.96 bits per heavy atom. The van der Waals surface area contributed by atoms with Crippen molar-refractivity contribution in [1.82, 2.24) is 14.9 Å². The molecule has 0 spiro atoms. The highest BCUT2D eigenvalue weighted by Gasteiger charge is 2.35. The van der Waals surface area contributed by atoms with Gasteiger partial charge in [0.25, 0.3) is 0 Å². The van der Waals surface area contributed by atoms with Crippen LogP contribution < -0.4 is 10.6 Å². The SMILES string of the molecule is CCN(CCCNC(=NC)NCC1CCCOC1C(C)(C)C)S(C)(=O)=O.I. The summed E-state index contributed by atoms with van der Waals surface area (Å²) in [4.78, 5) is 4.27. The number of nitrogens with zero attached hydrogens (tertiary/aromatic N) is 2. The van der Waals surface area contributed by atoms with Gasteiger partial charge in [0, 0.05) is 45.8 Å². The smallest absolute Gasteiger partial charge is 0.211 e. The van der Waals surface area contributed by atoms with Crippen LogP contribution in [-0.4, -0.2) is 70.9 Å². The average Bonchev–Trinajstić information content (AvgIpc) is 2.55. The third-order valence-electron chi connectivity index (χ3n) is 4.75. The van der Waals surface area contributed by atoms with Gasteiger partial charge in [-0.1, -0.05) is 27.7 Å². The molecule has 0 aromatic carbocycles. The maximum atomic E-state index is 11.6. The molecule has 2 unspecified atom stereocenters. The van der Waals surface area contributed by atoms with Crippen molar-refractivity contribution in [2.75, 3.05) is 46.1 Å². The molecule has 0 saturated carbocycles. The van der Waals surface area contributed by atoms with Gasteiger partial charge in [0.1, 0.15) is 0 Å². The maximum Gasteiger partial charge on any atom is 0.211 e. The predicted molar refractivity (Wildman–Crippen MR) is 123 cm³/mol. The van der Waals surface area contributed by atoms with Crippen LogP contribution in [0.25, 0.3) is 0 Å². The number of aliphatic imine (C=N–C) groups is 1. The fourth-order valence-corrected chi connectivity index (χ4v) is 4.41.